The molecule has 0 radical (unpaired) electrons. The Labute approximate surface area is 140 Å². The largest absolute Gasteiger partial charge is 0.363 e. The third-order valence-electron chi connectivity index (χ3n) is 4.70. The zero-order chi connectivity index (χ0) is 16.4. The van der Waals surface area contributed by atoms with E-state index in [1.807, 2.05) is 23.3 Å². The minimum absolute atomic E-state index is 0.0169. The number of amides is 2. The molecule has 1 aromatic rings. The summed E-state index contributed by atoms with van der Waals surface area (Å²) in [4.78, 5) is 29.0. The highest BCUT2D eigenvalue weighted by molar-refractivity contribution is 7.12. The summed E-state index contributed by atoms with van der Waals surface area (Å²) in [5, 5.41) is 1.96. The average Bonchev–Trinajstić information content (AvgIpc) is 2.98. The standard InChI is InChI=1S/C17H22N2O3S/c1-3-7-19-12-17(22-11-14(19)20)5-8-18(9-6-17)16(21)15-13(2)4-10-23-15/h3-4,10H,1,5-9,11-12H2,2H3. The van der Waals surface area contributed by atoms with Crippen molar-refractivity contribution in [3.05, 3.63) is 34.5 Å². The predicted octanol–water partition coefficient (Wildman–Crippen LogP) is 2.08. The molecule has 0 unspecified atom stereocenters. The lowest BCUT2D eigenvalue weighted by molar-refractivity contribution is -0.169. The number of thiophene rings is 1. The van der Waals surface area contributed by atoms with Gasteiger partial charge in [-0.25, -0.2) is 0 Å². The molecule has 2 saturated heterocycles. The molecule has 124 valence electrons. The van der Waals surface area contributed by atoms with Gasteiger partial charge in [-0.3, -0.25) is 9.59 Å². The lowest BCUT2D eigenvalue weighted by atomic mass is 9.89. The smallest absolute Gasteiger partial charge is 0.264 e. The van der Waals surface area contributed by atoms with Crippen LogP contribution in [-0.2, 0) is 9.53 Å². The van der Waals surface area contributed by atoms with Gasteiger partial charge < -0.3 is 14.5 Å². The number of nitrogens with zero attached hydrogens (tertiary/aromatic N) is 2. The Balaban J connectivity index is 1.64. The second-order valence-corrected chi connectivity index (χ2v) is 7.18. The fraction of sp³-hybridized carbons (Fsp3) is 0.529. The van der Waals surface area contributed by atoms with Crippen LogP contribution in [0.25, 0.3) is 0 Å². The van der Waals surface area contributed by atoms with Gasteiger partial charge in [-0.05, 0) is 36.8 Å². The van der Waals surface area contributed by atoms with Crippen LogP contribution in [0.4, 0.5) is 0 Å². The van der Waals surface area contributed by atoms with Gasteiger partial charge in [0.15, 0.2) is 0 Å². The van der Waals surface area contributed by atoms with Crippen LogP contribution >= 0.6 is 11.3 Å². The van der Waals surface area contributed by atoms with E-state index in [1.54, 1.807) is 11.0 Å². The number of hydrogen-bond acceptors (Lipinski definition) is 4. The van der Waals surface area contributed by atoms with E-state index in [0.29, 0.717) is 26.2 Å². The van der Waals surface area contributed by atoms with Gasteiger partial charge in [0.1, 0.15) is 6.61 Å². The van der Waals surface area contributed by atoms with Gasteiger partial charge in [-0.15, -0.1) is 17.9 Å². The molecule has 5 nitrogen and oxygen atoms in total. The van der Waals surface area contributed by atoms with Gasteiger partial charge in [0, 0.05) is 19.6 Å². The van der Waals surface area contributed by atoms with Crippen LogP contribution in [0.5, 0.6) is 0 Å². The van der Waals surface area contributed by atoms with Gasteiger partial charge >= 0.3 is 0 Å². The first-order valence-electron chi connectivity index (χ1n) is 7.91. The summed E-state index contributed by atoms with van der Waals surface area (Å²) in [6.07, 6.45) is 3.28. The number of carbonyl (C=O) groups excluding carboxylic acids is 2. The van der Waals surface area contributed by atoms with Crippen molar-refractivity contribution in [2.75, 3.05) is 32.8 Å². The highest BCUT2D eigenvalue weighted by Gasteiger charge is 2.42. The Kier molecular flexibility index (Phi) is 4.55. The predicted molar refractivity (Wildman–Crippen MR) is 89.7 cm³/mol. The number of aryl methyl sites for hydroxylation is 1. The van der Waals surface area contributed by atoms with Crippen LogP contribution in [0, 0.1) is 6.92 Å². The van der Waals surface area contributed by atoms with Crippen molar-refractivity contribution in [3.8, 4) is 0 Å². The Morgan fingerprint density at radius 2 is 2.22 bits per heavy atom. The average molecular weight is 334 g/mol. The number of rotatable bonds is 3. The zero-order valence-electron chi connectivity index (χ0n) is 13.4. The SMILES string of the molecule is C=CCN1CC2(CCN(C(=O)c3sccc3C)CC2)OCC1=O. The number of ether oxygens (including phenoxy) is 1. The first kappa shape index (κ1) is 16.2. The number of morpholine rings is 1. The Bertz CT molecular complexity index is 617. The molecule has 0 N–H and O–H groups in total. The van der Waals surface area contributed by atoms with E-state index in [1.165, 1.54) is 11.3 Å². The monoisotopic (exact) mass is 334 g/mol. The molecule has 0 aromatic carbocycles. The summed E-state index contributed by atoms with van der Waals surface area (Å²) in [5.41, 5.74) is 0.732. The normalized spacial score (nSPS) is 20.8. The summed E-state index contributed by atoms with van der Waals surface area (Å²) in [5.74, 6) is 0.130. The minimum atomic E-state index is -0.307. The van der Waals surface area contributed by atoms with Crippen LogP contribution in [0.3, 0.4) is 0 Å². The van der Waals surface area contributed by atoms with E-state index in [2.05, 4.69) is 6.58 Å². The topological polar surface area (TPSA) is 49.9 Å². The highest BCUT2D eigenvalue weighted by atomic mass is 32.1. The second-order valence-electron chi connectivity index (χ2n) is 6.26. The molecule has 23 heavy (non-hydrogen) atoms. The van der Waals surface area contributed by atoms with Gasteiger partial charge in [0.05, 0.1) is 17.0 Å². The number of piperidine rings is 1. The highest BCUT2D eigenvalue weighted by Crippen LogP contribution is 2.31. The van der Waals surface area contributed by atoms with Crippen LogP contribution in [0.1, 0.15) is 28.1 Å². The van der Waals surface area contributed by atoms with Crippen molar-refractivity contribution in [3.63, 3.8) is 0 Å². The van der Waals surface area contributed by atoms with Gasteiger partial charge in [-0.2, -0.15) is 0 Å². The molecule has 1 aromatic heterocycles. The number of hydrogen-bond donors (Lipinski definition) is 0. The summed E-state index contributed by atoms with van der Waals surface area (Å²) in [6, 6.07) is 1.98. The van der Waals surface area contributed by atoms with Crippen molar-refractivity contribution in [2.24, 2.45) is 0 Å². The van der Waals surface area contributed by atoms with Crippen LogP contribution in [0.2, 0.25) is 0 Å². The molecule has 2 aliphatic rings. The molecule has 0 bridgehead atoms. The van der Waals surface area contributed by atoms with Crippen molar-refractivity contribution in [1.82, 2.24) is 9.80 Å². The van der Waals surface area contributed by atoms with Crippen LogP contribution in [0.15, 0.2) is 24.1 Å². The second kappa shape index (κ2) is 6.45. The molecule has 6 heteroatoms. The van der Waals surface area contributed by atoms with E-state index in [0.717, 1.165) is 23.3 Å². The van der Waals surface area contributed by atoms with E-state index in [4.69, 9.17) is 4.74 Å². The Morgan fingerprint density at radius 3 is 2.83 bits per heavy atom. The summed E-state index contributed by atoms with van der Waals surface area (Å²) in [7, 11) is 0. The molecular weight excluding hydrogens is 312 g/mol. The molecule has 0 atom stereocenters. The third-order valence-corrected chi connectivity index (χ3v) is 5.71. The van der Waals surface area contributed by atoms with Crippen molar-refractivity contribution >= 4 is 23.2 Å². The van der Waals surface area contributed by atoms with Gasteiger partial charge in [0.25, 0.3) is 5.91 Å². The number of carbonyl (C=O) groups is 2. The summed E-state index contributed by atoms with van der Waals surface area (Å²) in [6.45, 7) is 8.31. The third kappa shape index (κ3) is 3.19. The number of likely N-dealkylation sites (tertiary alicyclic amines) is 1. The summed E-state index contributed by atoms with van der Waals surface area (Å²) >= 11 is 1.50. The maximum absolute atomic E-state index is 12.6. The molecule has 2 amide bonds. The first-order chi connectivity index (χ1) is 11.0. The van der Waals surface area contributed by atoms with E-state index in [9.17, 15) is 9.59 Å². The summed E-state index contributed by atoms with van der Waals surface area (Å²) < 4.78 is 5.88. The van der Waals surface area contributed by atoms with E-state index < -0.39 is 0 Å². The van der Waals surface area contributed by atoms with Crippen molar-refractivity contribution in [2.45, 2.75) is 25.4 Å². The quantitative estimate of drug-likeness (QED) is 0.795. The molecule has 2 fully saturated rings. The maximum atomic E-state index is 12.6. The molecular formula is C17H22N2O3S. The molecule has 0 aliphatic carbocycles. The maximum Gasteiger partial charge on any atom is 0.264 e. The lowest BCUT2D eigenvalue weighted by Crippen LogP contribution is -2.59. The molecule has 3 rings (SSSR count). The van der Waals surface area contributed by atoms with Crippen LogP contribution < -0.4 is 0 Å². The van der Waals surface area contributed by atoms with E-state index in [-0.39, 0.29) is 24.0 Å². The molecule has 0 saturated carbocycles. The Morgan fingerprint density at radius 1 is 1.48 bits per heavy atom. The Hall–Kier alpha value is -1.66. The van der Waals surface area contributed by atoms with Gasteiger partial charge in [0.2, 0.25) is 5.91 Å². The molecule has 2 aliphatic heterocycles. The van der Waals surface area contributed by atoms with Gasteiger partial charge in [-0.1, -0.05) is 6.08 Å². The fourth-order valence-electron chi connectivity index (χ4n) is 3.27. The fourth-order valence-corrected chi connectivity index (χ4v) is 4.16. The first-order valence-corrected chi connectivity index (χ1v) is 8.79. The minimum Gasteiger partial charge on any atom is -0.363 e. The van der Waals surface area contributed by atoms with E-state index >= 15 is 0 Å². The van der Waals surface area contributed by atoms with Crippen molar-refractivity contribution < 1.29 is 14.3 Å². The van der Waals surface area contributed by atoms with Crippen molar-refractivity contribution in [1.29, 1.82) is 0 Å². The lowest BCUT2D eigenvalue weighted by Gasteiger charge is -2.46. The zero-order valence-corrected chi connectivity index (χ0v) is 14.2. The molecule has 3 heterocycles. The molecule has 1 spiro atoms. The van der Waals surface area contributed by atoms with Crippen LogP contribution in [-0.4, -0.2) is 60.0 Å².